The fourth-order valence-electron chi connectivity index (χ4n) is 1.51. The molecule has 2 nitrogen and oxygen atoms in total. The molecule has 0 fully saturated rings. The third-order valence-corrected chi connectivity index (χ3v) is 2.76. The average molecular weight is 273 g/mol. The molecule has 0 N–H and O–H groups in total. The van der Waals surface area contributed by atoms with E-state index in [-0.39, 0.29) is 12.6 Å². The summed E-state index contributed by atoms with van der Waals surface area (Å²) >= 11 is 5.77. The Balaban J connectivity index is 1.85. The maximum absolute atomic E-state index is 11.5. The highest BCUT2D eigenvalue weighted by Crippen LogP contribution is 2.10. The molecule has 0 bridgehead atoms. The Hall–Kier alpha value is -2.06. The first kappa shape index (κ1) is 13.4. The fraction of sp³-hybridized carbons (Fsp3) is 0.0625. The maximum Gasteiger partial charge on any atom is 0.331 e. The van der Waals surface area contributed by atoms with Gasteiger partial charge in [-0.1, -0.05) is 54.1 Å². The van der Waals surface area contributed by atoms with Crippen LogP contribution in [0.3, 0.4) is 0 Å². The van der Waals surface area contributed by atoms with Gasteiger partial charge in [-0.25, -0.2) is 4.79 Å². The van der Waals surface area contributed by atoms with Crippen molar-refractivity contribution in [2.45, 2.75) is 6.61 Å². The molecule has 0 saturated carbocycles. The summed E-state index contributed by atoms with van der Waals surface area (Å²) < 4.78 is 5.12. The molecule has 0 radical (unpaired) electrons. The lowest BCUT2D eigenvalue weighted by atomic mass is 10.2. The molecule has 0 amide bonds. The molecule has 2 aromatic rings. The zero-order valence-corrected chi connectivity index (χ0v) is 11.0. The maximum atomic E-state index is 11.5. The SMILES string of the molecule is O=C(C=Cc1ccccc1)OCc1ccc(Cl)cc1. The van der Waals surface area contributed by atoms with Crippen LogP contribution in [-0.2, 0) is 16.1 Å². The van der Waals surface area contributed by atoms with Gasteiger partial charge in [0, 0.05) is 11.1 Å². The van der Waals surface area contributed by atoms with E-state index >= 15 is 0 Å². The van der Waals surface area contributed by atoms with Crippen LogP contribution >= 0.6 is 11.6 Å². The summed E-state index contributed by atoms with van der Waals surface area (Å²) in [5.41, 5.74) is 1.87. The van der Waals surface area contributed by atoms with Crippen LogP contribution in [0.15, 0.2) is 60.7 Å². The van der Waals surface area contributed by atoms with Crippen molar-refractivity contribution in [2.75, 3.05) is 0 Å². The van der Waals surface area contributed by atoms with Gasteiger partial charge in [-0.05, 0) is 29.3 Å². The van der Waals surface area contributed by atoms with E-state index in [1.54, 1.807) is 18.2 Å². The molecule has 19 heavy (non-hydrogen) atoms. The van der Waals surface area contributed by atoms with E-state index in [1.165, 1.54) is 6.08 Å². The first-order chi connectivity index (χ1) is 9.24. The van der Waals surface area contributed by atoms with E-state index in [2.05, 4.69) is 0 Å². The minimum atomic E-state index is -0.362. The van der Waals surface area contributed by atoms with Gasteiger partial charge in [-0.15, -0.1) is 0 Å². The zero-order chi connectivity index (χ0) is 13.5. The minimum absolute atomic E-state index is 0.245. The summed E-state index contributed by atoms with van der Waals surface area (Å²) in [5.74, 6) is -0.362. The van der Waals surface area contributed by atoms with Crippen molar-refractivity contribution in [1.82, 2.24) is 0 Å². The van der Waals surface area contributed by atoms with Gasteiger partial charge in [0.15, 0.2) is 0 Å². The second-order valence-electron chi connectivity index (χ2n) is 3.98. The quantitative estimate of drug-likeness (QED) is 0.619. The Morgan fingerprint density at radius 3 is 2.42 bits per heavy atom. The molecule has 0 saturated heterocycles. The van der Waals surface area contributed by atoms with Gasteiger partial charge in [0.2, 0.25) is 0 Å². The zero-order valence-electron chi connectivity index (χ0n) is 10.3. The molecular weight excluding hydrogens is 260 g/mol. The van der Waals surface area contributed by atoms with Gasteiger partial charge >= 0.3 is 5.97 Å². The number of hydrogen-bond acceptors (Lipinski definition) is 2. The van der Waals surface area contributed by atoms with E-state index in [0.29, 0.717) is 5.02 Å². The Bertz CT molecular complexity index is 559. The fourth-order valence-corrected chi connectivity index (χ4v) is 1.64. The summed E-state index contributed by atoms with van der Waals surface area (Å²) in [6.45, 7) is 0.245. The predicted octanol–water partition coefficient (Wildman–Crippen LogP) is 4.10. The van der Waals surface area contributed by atoms with E-state index in [1.807, 2.05) is 42.5 Å². The summed E-state index contributed by atoms with van der Waals surface area (Å²) in [5, 5.41) is 0.666. The van der Waals surface area contributed by atoms with Gasteiger partial charge in [0.1, 0.15) is 6.61 Å². The lowest BCUT2D eigenvalue weighted by Gasteiger charge is -2.02. The molecule has 96 valence electrons. The van der Waals surface area contributed by atoms with Gasteiger partial charge in [-0.2, -0.15) is 0 Å². The number of ether oxygens (including phenoxy) is 1. The molecule has 2 aromatic carbocycles. The van der Waals surface area contributed by atoms with Gasteiger partial charge < -0.3 is 4.74 Å². The van der Waals surface area contributed by atoms with Crippen LogP contribution in [-0.4, -0.2) is 5.97 Å². The smallest absolute Gasteiger partial charge is 0.331 e. The largest absolute Gasteiger partial charge is 0.458 e. The topological polar surface area (TPSA) is 26.3 Å². The van der Waals surface area contributed by atoms with E-state index in [9.17, 15) is 4.79 Å². The highest BCUT2D eigenvalue weighted by molar-refractivity contribution is 6.30. The highest BCUT2D eigenvalue weighted by atomic mass is 35.5. The van der Waals surface area contributed by atoms with Crippen LogP contribution in [0.5, 0.6) is 0 Å². The van der Waals surface area contributed by atoms with Crippen molar-refractivity contribution in [1.29, 1.82) is 0 Å². The van der Waals surface area contributed by atoms with Gasteiger partial charge in [0.25, 0.3) is 0 Å². The Morgan fingerprint density at radius 2 is 1.74 bits per heavy atom. The summed E-state index contributed by atoms with van der Waals surface area (Å²) in [4.78, 5) is 11.5. The number of benzene rings is 2. The molecule has 0 aliphatic heterocycles. The van der Waals surface area contributed by atoms with Crippen LogP contribution in [0.1, 0.15) is 11.1 Å². The van der Waals surface area contributed by atoms with Crippen molar-refractivity contribution < 1.29 is 9.53 Å². The minimum Gasteiger partial charge on any atom is -0.458 e. The molecular formula is C16H13ClO2. The number of carbonyl (C=O) groups excluding carboxylic acids is 1. The number of rotatable bonds is 4. The first-order valence-corrected chi connectivity index (χ1v) is 6.26. The van der Waals surface area contributed by atoms with Crippen LogP contribution in [0.25, 0.3) is 6.08 Å². The monoisotopic (exact) mass is 272 g/mol. The number of esters is 1. The van der Waals surface area contributed by atoms with Crippen molar-refractivity contribution in [3.8, 4) is 0 Å². The molecule has 0 atom stereocenters. The highest BCUT2D eigenvalue weighted by Gasteiger charge is 1.98. The standard InChI is InChI=1S/C16H13ClO2/c17-15-9-6-14(7-10-15)12-19-16(18)11-8-13-4-2-1-3-5-13/h1-11H,12H2. The van der Waals surface area contributed by atoms with Crippen molar-refractivity contribution in [3.05, 3.63) is 76.8 Å². The summed E-state index contributed by atoms with van der Waals surface area (Å²) in [6.07, 6.45) is 3.15. The summed E-state index contributed by atoms with van der Waals surface area (Å²) in [7, 11) is 0. The Kier molecular flexibility index (Phi) is 4.76. The van der Waals surface area contributed by atoms with Gasteiger partial charge in [0.05, 0.1) is 0 Å². The molecule has 0 aromatic heterocycles. The van der Waals surface area contributed by atoms with Crippen LogP contribution < -0.4 is 0 Å². The second-order valence-corrected chi connectivity index (χ2v) is 4.41. The molecule has 0 heterocycles. The van der Waals surface area contributed by atoms with Gasteiger partial charge in [-0.3, -0.25) is 0 Å². The Morgan fingerprint density at radius 1 is 1.05 bits per heavy atom. The van der Waals surface area contributed by atoms with E-state index < -0.39 is 0 Å². The number of hydrogen-bond donors (Lipinski definition) is 0. The van der Waals surface area contributed by atoms with Crippen molar-refractivity contribution >= 4 is 23.6 Å². The van der Waals surface area contributed by atoms with Crippen LogP contribution in [0.4, 0.5) is 0 Å². The molecule has 0 spiro atoms. The number of carbonyl (C=O) groups is 1. The summed E-state index contributed by atoms with van der Waals surface area (Å²) in [6, 6.07) is 16.8. The molecule has 3 heteroatoms. The first-order valence-electron chi connectivity index (χ1n) is 5.88. The molecule has 0 unspecified atom stereocenters. The van der Waals surface area contributed by atoms with E-state index in [4.69, 9.17) is 16.3 Å². The molecule has 0 aliphatic carbocycles. The second kappa shape index (κ2) is 6.76. The predicted molar refractivity (Wildman–Crippen MR) is 76.7 cm³/mol. The lowest BCUT2D eigenvalue weighted by molar-refractivity contribution is -0.138. The van der Waals surface area contributed by atoms with E-state index in [0.717, 1.165) is 11.1 Å². The van der Waals surface area contributed by atoms with Crippen LogP contribution in [0.2, 0.25) is 5.02 Å². The normalized spacial score (nSPS) is 10.6. The van der Waals surface area contributed by atoms with Crippen molar-refractivity contribution in [3.63, 3.8) is 0 Å². The average Bonchev–Trinajstić information content (AvgIpc) is 2.45. The Labute approximate surface area is 117 Å². The molecule has 2 rings (SSSR count). The number of halogens is 1. The lowest BCUT2D eigenvalue weighted by Crippen LogP contribution is -2.00. The van der Waals surface area contributed by atoms with Crippen molar-refractivity contribution in [2.24, 2.45) is 0 Å². The van der Waals surface area contributed by atoms with Crippen LogP contribution in [0, 0.1) is 0 Å². The molecule has 0 aliphatic rings. The third-order valence-electron chi connectivity index (χ3n) is 2.51. The third kappa shape index (κ3) is 4.60.